The first kappa shape index (κ1) is 16.1. The van der Waals surface area contributed by atoms with Crippen molar-refractivity contribution in [2.45, 2.75) is 31.4 Å². The Kier molecular flexibility index (Phi) is 7.10. The second kappa shape index (κ2) is 7.47. The van der Waals surface area contributed by atoms with E-state index in [4.69, 9.17) is 16.2 Å². The maximum Gasteiger partial charge on any atom is 0.253 e. The minimum atomic E-state index is -0.681. The molecule has 1 fully saturated rings. The highest BCUT2D eigenvalue weighted by molar-refractivity contribution is 5.89. The summed E-state index contributed by atoms with van der Waals surface area (Å²) in [4.78, 5) is 24.7. The van der Waals surface area contributed by atoms with E-state index in [1.165, 1.54) is 12.0 Å². The maximum absolute atomic E-state index is 12.0. The Morgan fingerprint density at radius 3 is 2.59 bits per heavy atom. The summed E-state index contributed by atoms with van der Waals surface area (Å²) in [5, 5.41) is 0. The number of carbonyl (C=O) groups excluding carboxylic acids is 2. The maximum atomic E-state index is 12.0. The van der Waals surface area contributed by atoms with Crippen molar-refractivity contribution in [1.82, 2.24) is 4.90 Å². The minimum Gasteiger partial charge on any atom is -0.370 e. The lowest BCUT2D eigenvalue weighted by Gasteiger charge is -2.35. The fraction of sp³-hybridized carbons (Fsp3) is 0.800. The SMILES string of the molecule is COC(CN)C(=O)N1CCCCC1C(N)=O.Cl. The number of hydrogen-bond donors (Lipinski definition) is 2. The highest BCUT2D eigenvalue weighted by Gasteiger charge is 2.33. The van der Waals surface area contributed by atoms with Gasteiger partial charge in [-0.2, -0.15) is 0 Å². The smallest absolute Gasteiger partial charge is 0.253 e. The van der Waals surface area contributed by atoms with Crippen molar-refractivity contribution in [3.05, 3.63) is 0 Å². The van der Waals surface area contributed by atoms with Gasteiger partial charge in [-0.15, -0.1) is 12.4 Å². The summed E-state index contributed by atoms with van der Waals surface area (Å²) >= 11 is 0. The van der Waals surface area contributed by atoms with E-state index in [0.717, 1.165) is 12.8 Å². The van der Waals surface area contributed by atoms with Crippen LogP contribution in [-0.2, 0) is 14.3 Å². The van der Waals surface area contributed by atoms with Crippen molar-refractivity contribution in [3.8, 4) is 0 Å². The predicted octanol–water partition coefficient (Wildman–Crippen LogP) is -0.752. The van der Waals surface area contributed by atoms with Gasteiger partial charge in [-0.3, -0.25) is 9.59 Å². The normalized spacial score (nSPS) is 21.5. The fourth-order valence-electron chi connectivity index (χ4n) is 1.97. The van der Waals surface area contributed by atoms with Gasteiger partial charge in [0.15, 0.2) is 0 Å². The lowest BCUT2D eigenvalue weighted by Crippen LogP contribution is -2.54. The summed E-state index contributed by atoms with van der Waals surface area (Å²) in [5.74, 6) is -0.701. The van der Waals surface area contributed by atoms with Gasteiger partial charge in [-0.1, -0.05) is 0 Å². The quantitative estimate of drug-likeness (QED) is 0.699. The number of likely N-dealkylation sites (tertiary alicyclic amines) is 1. The molecule has 4 N–H and O–H groups in total. The van der Waals surface area contributed by atoms with Crippen LogP contribution in [0.5, 0.6) is 0 Å². The molecule has 0 saturated carbocycles. The molecule has 1 rings (SSSR count). The second-order valence-electron chi connectivity index (χ2n) is 3.91. The van der Waals surface area contributed by atoms with Gasteiger partial charge in [0.1, 0.15) is 12.1 Å². The molecule has 2 amide bonds. The summed E-state index contributed by atoms with van der Waals surface area (Å²) in [6.07, 6.45) is 1.75. The molecule has 0 aromatic carbocycles. The third-order valence-corrected chi connectivity index (χ3v) is 2.89. The van der Waals surface area contributed by atoms with E-state index in [2.05, 4.69) is 0 Å². The van der Waals surface area contributed by atoms with E-state index in [0.29, 0.717) is 13.0 Å². The monoisotopic (exact) mass is 265 g/mol. The number of primary amides is 1. The summed E-state index contributed by atoms with van der Waals surface area (Å²) < 4.78 is 4.97. The first-order valence-electron chi connectivity index (χ1n) is 5.44. The molecule has 1 heterocycles. The zero-order valence-electron chi connectivity index (χ0n) is 9.93. The van der Waals surface area contributed by atoms with E-state index in [1.54, 1.807) is 0 Å². The van der Waals surface area contributed by atoms with E-state index in [1.807, 2.05) is 0 Å². The molecule has 0 aromatic rings. The Morgan fingerprint density at radius 2 is 2.12 bits per heavy atom. The number of nitrogens with two attached hydrogens (primary N) is 2. The van der Waals surface area contributed by atoms with Gasteiger partial charge in [0.25, 0.3) is 5.91 Å². The molecule has 2 atom stereocenters. The average Bonchev–Trinajstić information content (AvgIpc) is 2.30. The molecule has 1 saturated heterocycles. The molecular weight excluding hydrogens is 246 g/mol. The van der Waals surface area contributed by atoms with Crippen LogP contribution in [0.1, 0.15) is 19.3 Å². The van der Waals surface area contributed by atoms with Gasteiger partial charge in [0, 0.05) is 20.2 Å². The van der Waals surface area contributed by atoms with Crippen LogP contribution < -0.4 is 11.5 Å². The number of amides is 2. The molecule has 0 aromatic heterocycles. The summed E-state index contributed by atoms with van der Waals surface area (Å²) in [6, 6.07) is -0.509. The van der Waals surface area contributed by atoms with Crippen LogP contribution in [0.25, 0.3) is 0 Å². The van der Waals surface area contributed by atoms with Gasteiger partial charge in [0.2, 0.25) is 5.91 Å². The first-order chi connectivity index (χ1) is 7.61. The van der Waals surface area contributed by atoms with Crippen molar-refractivity contribution in [1.29, 1.82) is 0 Å². The number of rotatable bonds is 4. The predicted molar refractivity (Wildman–Crippen MR) is 65.6 cm³/mol. The average molecular weight is 266 g/mol. The van der Waals surface area contributed by atoms with Crippen molar-refractivity contribution < 1.29 is 14.3 Å². The zero-order valence-corrected chi connectivity index (χ0v) is 10.7. The molecule has 17 heavy (non-hydrogen) atoms. The third-order valence-electron chi connectivity index (χ3n) is 2.89. The highest BCUT2D eigenvalue weighted by atomic mass is 35.5. The van der Waals surface area contributed by atoms with Crippen molar-refractivity contribution in [3.63, 3.8) is 0 Å². The van der Waals surface area contributed by atoms with Crippen LogP contribution in [0, 0.1) is 0 Å². The number of hydrogen-bond acceptors (Lipinski definition) is 4. The standard InChI is InChI=1S/C10H19N3O3.ClH/c1-16-8(6-11)10(15)13-5-3-2-4-7(13)9(12)14;/h7-8H,2-6,11H2,1H3,(H2,12,14);1H. The molecule has 0 bridgehead atoms. The molecule has 100 valence electrons. The van der Waals surface area contributed by atoms with Gasteiger partial charge in [-0.05, 0) is 19.3 Å². The Balaban J connectivity index is 0.00000256. The number of carbonyl (C=O) groups is 2. The van der Waals surface area contributed by atoms with Gasteiger partial charge in [0.05, 0.1) is 0 Å². The molecule has 0 radical (unpaired) electrons. The van der Waals surface area contributed by atoms with Crippen LogP contribution in [0.15, 0.2) is 0 Å². The Bertz CT molecular complexity index is 272. The highest BCUT2D eigenvalue weighted by Crippen LogP contribution is 2.18. The van der Waals surface area contributed by atoms with Crippen LogP contribution in [-0.4, -0.2) is 49.1 Å². The zero-order chi connectivity index (χ0) is 12.1. The van der Waals surface area contributed by atoms with Crippen LogP contribution in [0.2, 0.25) is 0 Å². The van der Waals surface area contributed by atoms with Gasteiger partial charge >= 0.3 is 0 Å². The Morgan fingerprint density at radius 1 is 1.47 bits per heavy atom. The molecule has 0 aliphatic carbocycles. The summed E-state index contributed by atoms with van der Waals surface area (Å²) in [6.45, 7) is 0.656. The number of nitrogens with zero attached hydrogens (tertiary/aromatic N) is 1. The van der Waals surface area contributed by atoms with Crippen LogP contribution in [0.3, 0.4) is 0 Å². The Hall–Kier alpha value is -0.850. The van der Waals surface area contributed by atoms with Gasteiger partial charge < -0.3 is 21.1 Å². The molecule has 1 aliphatic heterocycles. The summed E-state index contributed by atoms with van der Waals surface area (Å²) in [5.41, 5.74) is 10.7. The molecule has 1 aliphatic rings. The minimum absolute atomic E-state index is 0. The number of halogens is 1. The fourth-order valence-corrected chi connectivity index (χ4v) is 1.97. The van der Waals surface area contributed by atoms with E-state index in [-0.39, 0.29) is 24.9 Å². The molecule has 6 nitrogen and oxygen atoms in total. The van der Waals surface area contributed by atoms with E-state index < -0.39 is 18.1 Å². The summed E-state index contributed by atoms with van der Waals surface area (Å²) in [7, 11) is 1.43. The van der Waals surface area contributed by atoms with Gasteiger partial charge in [-0.25, -0.2) is 0 Å². The van der Waals surface area contributed by atoms with E-state index in [9.17, 15) is 9.59 Å². The first-order valence-corrected chi connectivity index (χ1v) is 5.44. The van der Waals surface area contributed by atoms with Crippen LogP contribution >= 0.6 is 12.4 Å². The van der Waals surface area contributed by atoms with E-state index >= 15 is 0 Å². The van der Waals surface area contributed by atoms with Crippen molar-refractivity contribution in [2.75, 3.05) is 20.2 Å². The number of methoxy groups -OCH3 is 1. The number of ether oxygens (including phenoxy) is 1. The van der Waals surface area contributed by atoms with Crippen LogP contribution in [0.4, 0.5) is 0 Å². The lowest BCUT2D eigenvalue weighted by molar-refractivity contribution is -0.149. The number of piperidine rings is 1. The Labute approximate surface area is 107 Å². The largest absolute Gasteiger partial charge is 0.370 e. The topological polar surface area (TPSA) is 98.7 Å². The second-order valence-corrected chi connectivity index (χ2v) is 3.91. The van der Waals surface area contributed by atoms with Crippen molar-refractivity contribution >= 4 is 24.2 Å². The molecule has 2 unspecified atom stereocenters. The molecule has 7 heteroatoms. The molecule has 0 spiro atoms. The lowest BCUT2D eigenvalue weighted by atomic mass is 10.0. The van der Waals surface area contributed by atoms with Crippen molar-refractivity contribution in [2.24, 2.45) is 11.5 Å². The molecular formula is C10H20ClN3O3. The third kappa shape index (κ3) is 3.83.